The summed E-state index contributed by atoms with van der Waals surface area (Å²) >= 11 is 6.29. The number of primary amides is 1. The fourth-order valence-electron chi connectivity index (χ4n) is 2.88. The number of nitrogens with two attached hydrogens (primary N) is 1. The summed E-state index contributed by atoms with van der Waals surface area (Å²) < 4.78 is 0. The molecule has 0 spiro atoms. The lowest BCUT2D eigenvalue weighted by Gasteiger charge is -2.21. The number of carbonyl (C=O) groups is 1. The van der Waals surface area contributed by atoms with E-state index in [0.717, 1.165) is 29.4 Å². The van der Waals surface area contributed by atoms with Crippen molar-refractivity contribution in [1.82, 2.24) is 9.88 Å². The standard InChI is InChI=1S/C16H18ClN3O/c1-16(15(18)21)6-7-20(10-16)9-12-8-11-4-2-3-5-13(11)19-14(12)17/h2-5,8H,6-7,9-10H2,1H3,(H2,18,21). The number of carbonyl (C=O) groups excluding carboxylic acids is 1. The molecule has 21 heavy (non-hydrogen) atoms. The van der Waals surface area contributed by atoms with Gasteiger partial charge >= 0.3 is 0 Å². The third kappa shape index (κ3) is 2.74. The van der Waals surface area contributed by atoms with Gasteiger partial charge in [0.1, 0.15) is 5.15 Å². The summed E-state index contributed by atoms with van der Waals surface area (Å²) in [5.74, 6) is -0.229. The fraction of sp³-hybridized carbons (Fsp3) is 0.375. The van der Waals surface area contributed by atoms with Crippen LogP contribution in [0.15, 0.2) is 30.3 Å². The van der Waals surface area contributed by atoms with Crippen molar-refractivity contribution in [2.75, 3.05) is 13.1 Å². The van der Waals surface area contributed by atoms with E-state index in [9.17, 15) is 4.79 Å². The number of benzene rings is 1. The molecule has 1 atom stereocenters. The van der Waals surface area contributed by atoms with Crippen LogP contribution in [0.5, 0.6) is 0 Å². The van der Waals surface area contributed by atoms with Crippen molar-refractivity contribution in [3.8, 4) is 0 Å². The van der Waals surface area contributed by atoms with Crippen molar-refractivity contribution >= 4 is 28.4 Å². The van der Waals surface area contributed by atoms with Crippen LogP contribution in [0.1, 0.15) is 18.9 Å². The number of amides is 1. The van der Waals surface area contributed by atoms with E-state index >= 15 is 0 Å². The highest BCUT2D eigenvalue weighted by atomic mass is 35.5. The molecule has 0 bridgehead atoms. The molecule has 1 fully saturated rings. The number of fused-ring (bicyclic) bond motifs is 1. The van der Waals surface area contributed by atoms with Crippen LogP contribution in [-0.4, -0.2) is 28.9 Å². The average molecular weight is 304 g/mol. The predicted octanol–water partition coefficient (Wildman–Crippen LogP) is 2.59. The van der Waals surface area contributed by atoms with Gasteiger partial charge in [0, 0.05) is 24.0 Å². The molecule has 1 aliphatic rings. The van der Waals surface area contributed by atoms with E-state index in [1.165, 1.54) is 0 Å². The molecule has 3 rings (SSSR count). The van der Waals surface area contributed by atoms with Crippen molar-refractivity contribution < 1.29 is 4.79 Å². The molecule has 1 saturated heterocycles. The van der Waals surface area contributed by atoms with Crippen LogP contribution >= 0.6 is 11.6 Å². The number of hydrogen-bond acceptors (Lipinski definition) is 3. The Hall–Kier alpha value is -1.65. The van der Waals surface area contributed by atoms with Crippen LogP contribution in [0.4, 0.5) is 0 Å². The molecule has 2 aromatic rings. The van der Waals surface area contributed by atoms with Crippen LogP contribution in [-0.2, 0) is 11.3 Å². The lowest BCUT2D eigenvalue weighted by Crippen LogP contribution is -2.36. The van der Waals surface area contributed by atoms with E-state index < -0.39 is 5.41 Å². The molecule has 0 aliphatic carbocycles. The summed E-state index contributed by atoms with van der Waals surface area (Å²) in [4.78, 5) is 18.2. The highest BCUT2D eigenvalue weighted by Crippen LogP contribution is 2.31. The maximum absolute atomic E-state index is 11.5. The normalized spacial score (nSPS) is 22.8. The minimum absolute atomic E-state index is 0.229. The first-order valence-electron chi connectivity index (χ1n) is 7.04. The minimum atomic E-state index is -0.434. The highest BCUT2D eigenvalue weighted by molar-refractivity contribution is 6.30. The van der Waals surface area contributed by atoms with Crippen molar-refractivity contribution in [3.05, 3.63) is 41.0 Å². The molecule has 4 nitrogen and oxygen atoms in total. The zero-order chi connectivity index (χ0) is 15.0. The summed E-state index contributed by atoms with van der Waals surface area (Å²) in [5, 5.41) is 1.61. The lowest BCUT2D eigenvalue weighted by atomic mass is 9.89. The SMILES string of the molecule is CC1(C(N)=O)CCN(Cc2cc3ccccc3nc2Cl)C1. The van der Waals surface area contributed by atoms with Crippen LogP contribution < -0.4 is 5.73 Å². The predicted molar refractivity (Wildman–Crippen MR) is 83.9 cm³/mol. The van der Waals surface area contributed by atoms with E-state index in [-0.39, 0.29) is 5.91 Å². The van der Waals surface area contributed by atoms with Gasteiger partial charge in [0.05, 0.1) is 10.9 Å². The van der Waals surface area contributed by atoms with Gasteiger partial charge in [0.25, 0.3) is 0 Å². The molecule has 110 valence electrons. The number of hydrogen-bond donors (Lipinski definition) is 1. The van der Waals surface area contributed by atoms with Crippen molar-refractivity contribution in [1.29, 1.82) is 0 Å². The van der Waals surface area contributed by atoms with Crippen LogP contribution in [0.3, 0.4) is 0 Å². The smallest absolute Gasteiger partial charge is 0.224 e. The minimum Gasteiger partial charge on any atom is -0.369 e. The van der Waals surface area contributed by atoms with Crippen molar-refractivity contribution in [2.45, 2.75) is 19.9 Å². The Bertz CT molecular complexity index is 703. The topological polar surface area (TPSA) is 59.2 Å². The van der Waals surface area contributed by atoms with Crippen molar-refractivity contribution in [3.63, 3.8) is 0 Å². The average Bonchev–Trinajstić information content (AvgIpc) is 2.83. The van der Waals surface area contributed by atoms with E-state index in [4.69, 9.17) is 17.3 Å². The lowest BCUT2D eigenvalue weighted by molar-refractivity contribution is -0.126. The van der Waals surface area contributed by atoms with Gasteiger partial charge in [-0.25, -0.2) is 4.98 Å². The van der Waals surface area contributed by atoms with Gasteiger partial charge in [-0.1, -0.05) is 29.8 Å². The summed E-state index contributed by atoms with van der Waals surface area (Å²) in [6.07, 6.45) is 0.793. The molecule has 1 aliphatic heterocycles. The molecule has 1 aromatic carbocycles. The second-order valence-electron chi connectivity index (χ2n) is 6.02. The third-order valence-corrected chi connectivity index (χ3v) is 4.62. The van der Waals surface area contributed by atoms with Crippen LogP contribution in [0.2, 0.25) is 5.15 Å². The molecule has 1 aromatic heterocycles. The fourth-order valence-corrected chi connectivity index (χ4v) is 3.09. The van der Waals surface area contributed by atoms with E-state index in [2.05, 4.69) is 16.0 Å². The van der Waals surface area contributed by atoms with Gasteiger partial charge in [-0.2, -0.15) is 0 Å². The van der Waals surface area contributed by atoms with Gasteiger partial charge in [-0.05, 0) is 32.0 Å². The number of rotatable bonds is 3. The number of likely N-dealkylation sites (tertiary alicyclic amines) is 1. The first-order valence-corrected chi connectivity index (χ1v) is 7.42. The Morgan fingerprint density at radius 3 is 2.95 bits per heavy atom. The maximum atomic E-state index is 11.5. The quantitative estimate of drug-likeness (QED) is 0.887. The van der Waals surface area contributed by atoms with E-state index in [1.54, 1.807) is 0 Å². The maximum Gasteiger partial charge on any atom is 0.224 e. The molecule has 0 radical (unpaired) electrons. The summed E-state index contributed by atoms with van der Waals surface area (Å²) in [5.41, 5.74) is 6.94. The second-order valence-corrected chi connectivity index (χ2v) is 6.37. The zero-order valence-electron chi connectivity index (χ0n) is 12.0. The molecular weight excluding hydrogens is 286 g/mol. The Balaban J connectivity index is 1.83. The van der Waals surface area contributed by atoms with E-state index in [1.807, 2.05) is 31.2 Å². The third-order valence-electron chi connectivity index (χ3n) is 4.29. The number of nitrogens with zero attached hydrogens (tertiary/aromatic N) is 2. The van der Waals surface area contributed by atoms with Gasteiger partial charge in [-0.15, -0.1) is 0 Å². The largest absolute Gasteiger partial charge is 0.369 e. The molecule has 1 unspecified atom stereocenters. The molecule has 1 amide bonds. The summed E-state index contributed by atoms with van der Waals surface area (Å²) in [6, 6.07) is 9.99. The Kier molecular flexibility index (Phi) is 3.59. The Labute approximate surface area is 128 Å². The molecule has 0 saturated carbocycles. The molecule has 2 heterocycles. The molecular formula is C16H18ClN3O. The van der Waals surface area contributed by atoms with Gasteiger partial charge in [-0.3, -0.25) is 9.69 Å². The summed E-state index contributed by atoms with van der Waals surface area (Å²) in [6.45, 7) is 4.14. The molecule has 2 N–H and O–H groups in total. The van der Waals surface area contributed by atoms with Crippen molar-refractivity contribution in [2.24, 2.45) is 11.1 Å². The second kappa shape index (κ2) is 5.28. The Morgan fingerprint density at radius 2 is 2.24 bits per heavy atom. The van der Waals surface area contributed by atoms with E-state index in [0.29, 0.717) is 18.2 Å². The van der Waals surface area contributed by atoms with Gasteiger partial charge in [0.15, 0.2) is 0 Å². The first kappa shape index (κ1) is 14.3. The monoisotopic (exact) mass is 303 g/mol. The number of aromatic nitrogens is 1. The first-order chi connectivity index (χ1) is 9.98. The number of pyridine rings is 1. The number of halogens is 1. The van der Waals surface area contributed by atoms with Gasteiger partial charge in [0.2, 0.25) is 5.91 Å². The number of para-hydroxylation sites is 1. The zero-order valence-corrected chi connectivity index (χ0v) is 12.7. The Morgan fingerprint density at radius 1 is 1.48 bits per heavy atom. The summed E-state index contributed by atoms with van der Waals surface area (Å²) in [7, 11) is 0. The van der Waals surface area contributed by atoms with Gasteiger partial charge < -0.3 is 5.73 Å². The molecule has 5 heteroatoms. The van der Waals surface area contributed by atoms with Crippen LogP contribution in [0.25, 0.3) is 10.9 Å². The van der Waals surface area contributed by atoms with Crippen LogP contribution in [0, 0.1) is 5.41 Å². The highest BCUT2D eigenvalue weighted by Gasteiger charge is 2.38.